The molecule has 2 unspecified atom stereocenters. The Hall–Kier alpha value is -2.45. The van der Waals surface area contributed by atoms with Gasteiger partial charge in [0, 0.05) is 12.6 Å². The van der Waals surface area contributed by atoms with Crippen molar-refractivity contribution in [2.45, 2.75) is 94.5 Å². The molecule has 1 aromatic carbocycles. The molecule has 3 aliphatic heterocycles. The van der Waals surface area contributed by atoms with Gasteiger partial charge in [-0.05, 0) is 44.6 Å². The zero-order valence-corrected chi connectivity index (χ0v) is 21.4. The first-order valence-corrected chi connectivity index (χ1v) is 13.6. The first kappa shape index (κ1) is 25.2. The van der Waals surface area contributed by atoms with Crippen LogP contribution in [-0.2, 0) is 19.1 Å². The maximum atomic E-state index is 14.3. The number of benzene rings is 1. The third-order valence-electron chi connectivity index (χ3n) is 8.94. The summed E-state index contributed by atoms with van der Waals surface area (Å²) in [5.74, 6) is -2.12. The van der Waals surface area contributed by atoms with Crippen molar-refractivity contribution in [3.63, 3.8) is 0 Å². The summed E-state index contributed by atoms with van der Waals surface area (Å²) >= 11 is 0. The van der Waals surface area contributed by atoms with E-state index in [1.165, 1.54) is 6.42 Å². The molecule has 4 aliphatic rings. The van der Waals surface area contributed by atoms with Gasteiger partial charge in [-0.2, -0.15) is 0 Å². The van der Waals surface area contributed by atoms with Crippen molar-refractivity contribution < 1.29 is 24.2 Å². The number of likely N-dealkylation sites (tertiary alicyclic amines) is 1. The second kappa shape index (κ2) is 9.78. The molecule has 3 N–H and O–H groups in total. The minimum atomic E-state index is -1.08. The Morgan fingerprint density at radius 1 is 1.14 bits per heavy atom. The van der Waals surface area contributed by atoms with E-state index < -0.39 is 35.1 Å². The van der Waals surface area contributed by atoms with Crippen LogP contribution in [0.15, 0.2) is 30.3 Å². The Kier molecular flexibility index (Phi) is 6.85. The molecule has 1 spiro atoms. The standard InChI is InChI=1S/C28H39N3O5/c1-3-16-29-24(33)21-22-26(35)31(20(17-32)18-10-6-4-7-11-18)23(28(22)15-14-27(21,2)36-28)25(34)30-19-12-8-5-9-13-19/h4,6-7,10-11,19-23,32H,3,5,8-9,12-17H2,1-2H3,(H,29,33)(H,30,34)/t20-,21-,22+,23?,27+,28?/m1/s1. The molecule has 8 heteroatoms. The number of amides is 3. The molecule has 0 aromatic heterocycles. The molecule has 1 aromatic rings. The van der Waals surface area contributed by atoms with Gasteiger partial charge in [-0.3, -0.25) is 14.4 Å². The average Bonchev–Trinajstić information content (AvgIpc) is 3.45. The van der Waals surface area contributed by atoms with Crippen LogP contribution < -0.4 is 10.6 Å². The summed E-state index contributed by atoms with van der Waals surface area (Å²) in [5, 5.41) is 16.7. The van der Waals surface area contributed by atoms with Crippen molar-refractivity contribution in [1.29, 1.82) is 0 Å². The summed E-state index contributed by atoms with van der Waals surface area (Å²) in [5.41, 5.74) is -1.12. The van der Waals surface area contributed by atoms with Gasteiger partial charge in [-0.15, -0.1) is 0 Å². The topological polar surface area (TPSA) is 108 Å². The first-order chi connectivity index (χ1) is 17.4. The number of nitrogens with one attached hydrogen (secondary N) is 2. The average molecular weight is 498 g/mol. The molecule has 1 aliphatic carbocycles. The summed E-state index contributed by atoms with van der Waals surface area (Å²) < 4.78 is 6.67. The Labute approximate surface area is 213 Å². The van der Waals surface area contributed by atoms with E-state index in [0.717, 1.165) is 37.7 Å². The monoisotopic (exact) mass is 497 g/mol. The maximum Gasteiger partial charge on any atom is 0.246 e. The lowest BCUT2D eigenvalue weighted by molar-refractivity contribution is -0.150. The fourth-order valence-electron chi connectivity index (χ4n) is 7.31. The van der Waals surface area contributed by atoms with E-state index in [4.69, 9.17) is 4.74 Å². The SMILES string of the molecule is CCCNC(=O)[C@H]1[C@H]2C(=O)N([C@H](CO)c3ccccc3)C(C(=O)NC3CCCCC3)C23CC[C@]1(C)O3. The Morgan fingerprint density at radius 3 is 2.53 bits per heavy atom. The fraction of sp³-hybridized carbons (Fsp3) is 0.679. The summed E-state index contributed by atoms with van der Waals surface area (Å²) in [6.07, 6.45) is 7.09. The van der Waals surface area contributed by atoms with Crippen molar-refractivity contribution in [3.8, 4) is 0 Å². The van der Waals surface area contributed by atoms with Crippen LogP contribution in [0.5, 0.6) is 0 Å². The molecule has 3 saturated heterocycles. The Bertz CT molecular complexity index is 996. The minimum Gasteiger partial charge on any atom is -0.394 e. The molecular formula is C28H39N3O5. The summed E-state index contributed by atoms with van der Waals surface area (Å²) in [6.45, 7) is 4.10. The molecule has 2 bridgehead atoms. The second-order valence-corrected chi connectivity index (χ2v) is 11.2. The van der Waals surface area contributed by atoms with E-state index in [1.54, 1.807) is 4.90 Å². The number of fused-ring (bicyclic) bond motifs is 1. The van der Waals surface area contributed by atoms with E-state index in [1.807, 2.05) is 44.2 Å². The zero-order valence-electron chi connectivity index (χ0n) is 21.4. The number of hydrogen-bond donors (Lipinski definition) is 3. The van der Waals surface area contributed by atoms with Gasteiger partial charge < -0.3 is 25.4 Å². The van der Waals surface area contributed by atoms with Crippen molar-refractivity contribution in [3.05, 3.63) is 35.9 Å². The Morgan fingerprint density at radius 2 is 1.86 bits per heavy atom. The van der Waals surface area contributed by atoms with E-state index in [0.29, 0.717) is 19.4 Å². The van der Waals surface area contributed by atoms with Gasteiger partial charge in [-0.25, -0.2) is 0 Å². The van der Waals surface area contributed by atoms with Gasteiger partial charge in [-0.1, -0.05) is 56.5 Å². The third kappa shape index (κ3) is 3.93. The number of carbonyl (C=O) groups is 3. The quantitative estimate of drug-likeness (QED) is 0.511. The lowest BCUT2D eigenvalue weighted by Crippen LogP contribution is -2.57. The molecule has 4 fully saturated rings. The number of aliphatic hydroxyl groups is 1. The predicted octanol–water partition coefficient (Wildman–Crippen LogP) is 2.46. The van der Waals surface area contributed by atoms with Crippen LogP contribution >= 0.6 is 0 Å². The van der Waals surface area contributed by atoms with E-state index in [-0.39, 0.29) is 30.4 Å². The number of aliphatic hydroxyl groups excluding tert-OH is 1. The van der Waals surface area contributed by atoms with E-state index >= 15 is 0 Å². The van der Waals surface area contributed by atoms with Gasteiger partial charge in [0.25, 0.3) is 0 Å². The molecule has 36 heavy (non-hydrogen) atoms. The van der Waals surface area contributed by atoms with Crippen molar-refractivity contribution in [1.82, 2.24) is 15.5 Å². The molecule has 0 radical (unpaired) electrons. The van der Waals surface area contributed by atoms with Crippen LogP contribution in [0.25, 0.3) is 0 Å². The zero-order chi connectivity index (χ0) is 25.5. The van der Waals surface area contributed by atoms with Crippen LogP contribution in [0, 0.1) is 11.8 Å². The van der Waals surface area contributed by atoms with Crippen LogP contribution in [-0.4, -0.2) is 64.2 Å². The van der Waals surface area contributed by atoms with Gasteiger partial charge in [0.15, 0.2) is 0 Å². The smallest absolute Gasteiger partial charge is 0.246 e. The fourth-order valence-corrected chi connectivity index (χ4v) is 7.31. The number of carbonyl (C=O) groups excluding carboxylic acids is 3. The lowest BCUT2D eigenvalue weighted by atomic mass is 9.66. The normalized spacial score (nSPS) is 34.5. The van der Waals surface area contributed by atoms with Crippen molar-refractivity contribution in [2.24, 2.45) is 11.8 Å². The van der Waals surface area contributed by atoms with E-state index in [2.05, 4.69) is 10.6 Å². The van der Waals surface area contributed by atoms with Crippen molar-refractivity contribution in [2.75, 3.05) is 13.2 Å². The Balaban J connectivity index is 1.55. The number of ether oxygens (including phenoxy) is 1. The minimum absolute atomic E-state index is 0.0702. The van der Waals surface area contributed by atoms with Crippen LogP contribution in [0.3, 0.4) is 0 Å². The van der Waals surface area contributed by atoms with Crippen LogP contribution in [0.4, 0.5) is 0 Å². The summed E-state index contributed by atoms with van der Waals surface area (Å²) in [4.78, 5) is 43.2. The van der Waals surface area contributed by atoms with E-state index in [9.17, 15) is 19.5 Å². The highest BCUT2D eigenvalue weighted by molar-refractivity contribution is 5.99. The number of rotatable bonds is 8. The molecule has 3 heterocycles. The van der Waals surface area contributed by atoms with Crippen LogP contribution in [0.1, 0.15) is 76.8 Å². The predicted molar refractivity (Wildman–Crippen MR) is 134 cm³/mol. The molecular weight excluding hydrogens is 458 g/mol. The lowest BCUT2D eigenvalue weighted by Gasteiger charge is -2.38. The number of nitrogens with zero attached hydrogens (tertiary/aromatic N) is 1. The second-order valence-electron chi connectivity index (χ2n) is 11.2. The van der Waals surface area contributed by atoms with Gasteiger partial charge in [0.05, 0.1) is 30.1 Å². The van der Waals surface area contributed by atoms with Gasteiger partial charge in [0.1, 0.15) is 11.6 Å². The van der Waals surface area contributed by atoms with Gasteiger partial charge in [0.2, 0.25) is 17.7 Å². The molecule has 8 nitrogen and oxygen atoms in total. The highest BCUT2D eigenvalue weighted by Crippen LogP contribution is 2.64. The highest BCUT2D eigenvalue weighted by atomic mass is 16.5. The largest absolute Gasteiger partial charge is 0.394 e. The summed E-state index contributed by atoms with van der Waals surface area (Å²) in [7, 11) is 0. The molecule has 5 rings (SSSR count). The first-order valence-electron chi connectivity index (χ1n) is 13.6. The summed E-state index contributed by atoms with van der Waals surface area (Å²) in [6, 6.07) is 7.79. The highest BCUT2D eigenvalue weighted by Gasteiger charge is 2.78. The molecule has 6 atom stereocenters. The third-order valence-corrected chi connectivity index (χ3v) is 8.94. The molecule has 196 valence electrons. The van der Waals surface area contributed by atoms with Gasteiger partial charge >= 0.3 is 0 Å². The molecule has 1 saturated carbocycles. The molecule has 3 amide bonds. The number of hydrogen-bond acceptors (Lipinski definition) is 5. The van der Waals surface area contributed by atoms with Crippen molar-refractivity contribution >= 4 is 17.7 Å². The maximum absolute atomic E-state index is 14.3. The van der Waals surface area contributed by atoms with Crippen LogP contribution in [0.2, 0.25) is 0 Å².